The summed E-state index contributed by atoms with van der Waals surface area (Å²) in [6.45, 7) is 3.93. The number of oxazole rings is 1. The van der Waals surface area contributed by atoms with E-state index in [2.05, 4.69) is 26.2 Å². The van der Waals surface area contributed by atoms with Crippen molar-refractivity contribution >= 4 is 27.5 Å². The summed E-state index contributed by atoms with van der Waals surface area (Å²) in [5.41, 5.74) is 7.45. The van der Waals surface area contributed by atoms with E-state index in [-0.39, 0.29) is 12.5 Å². The van der Waals surface area contributed by atoms with Gasteiger partial charge in [0, 0.05) is 10.2 Å². The second-order valence-electron chi connectivity index (χ2n) is 4.16. The summed E-state index contributed by atoms with van der Waals surface area (Å²) >= 11 is 3.31. The molecule has 0 aliphatic carbocycles. The average Bonchev–Trinajstić information content (AvgIpc) is 2.69. The molecule has 2 rings (SSSR count). The predicted molar refractivity (Wildman–Crippen MR) is 75.7 cm³/mol. The highest BCUT2D eigenvalue weighted by molar-refractivity contribution is 9.10. The minimum absolute atomic E-state index is 0.236. The normalized spacial score (nSPS) is 10.5. The Morgan fingerprint density at radius 3 is 2.84 bits per heavy atom. The molecule has 0 saturated carbocycles. The van der Waals surface area contributed by atoms with E-state index in [1.54, 1.807) is 18.2 Å². The number of nitrogen functional groups attached to an aromatic ring is 1. The van der Waals surface area contributed by atoms with Crippen molar-refractivity contribution in [2.45, 2.75) is 20.4 Å². The maximum atomic E-state index is 12.0. The molecule has 1 aromatic carbocycles. The SMILES string of the molecule is Cc1nc(CNC(=O)c2cc(Br)ccc2N)oc1C. The van der Waals surface area contributed by atoms with Gasteiger partial charge < -0.3 is 15.5 Å². The highest BCUT2D eigenvalue weighted by atomic mass is 79.9. The van der Waals surface area contributed by atoms with Gasteiger partial charge in [0.25, 0.3) is 5.91 Å². The third-order valence-electron chi connectivity index (χ3n) is 2.73. The molecule has 0 saturated heterocycles. The summed E-state index contributed by atoms with van der Waals surface area (Å²) in [5.74, 6) is 0.982. The van der Waals surface area contributed by atoms with E-state index in [1.807, 2.05) is 13.8 Å². The fourth-order valence-corrected chi connectivity index (χ4v) is 1.95. The molecule has 0 radical (unpaired) electrons. The number of aromatic nitrogens is 1. The number of nitrogens with zero attached hydrogens (tertiary/aromatic N) is 1. The van der Waals surface area contributed by atoms with Crippen LogP contribution in [-0.4, -0.2) is 10.9 Å². The Hall–Kier alpha value is -1.82. The lowest BCUT2D eigenvalue weighted by Crippen LogP contribution is -2.24. The Kier molecular flexibility index (Phi) is 3.90. The fraction of sp³-hybridized carbons (Fsp3) is 0.231. The van der Waals surface area contributed by atoms with E-state index in [9.17, 15) is 4.79 Å². The van der Waals surface area contributed by atoms with Crippen LogP contribution in [0, 0.1) is 13.8 Å². The van der Waals surface area contributed by atoms with Crippen molar-refractivity contribution in [3.8, 4) is 0 Å². The molecular weight excluding hydrogens is 310 g/mol. The van der Waals surface area contributed by atoms with Gasteiger partial charge in [-0.1, -0.05) is 15.9 Å². The monoisotopic (exact) mass is 323 g/mol. The van der Waals surface area contributed by atoms with Crippen LogP contribution in [0.2, 0.25) is 0 Å². The first-order chi connectivity index (χ1) is 8.97. The molecule has 3 N–H and O–H groups in total. The average molecular weight is 324 g/mol. The van der Waals surface area contributed by atoms with Crippen LogP contribution >= 0.6 is 15.9 Å². The van der Waals surface area contributed by atoms with Gasteiger partial charge in [-0.05, 0) is 32.0 Å². The molecule has 6 heteroatoms. The van der Waals surface area contributed by atoms with Crippen molar-refractivity contribution < 1.29 is 9.21 Å². The van der Waals surface area contributed by atoms with E-state index >= 15 is 0 Å². The van der Waals surface area contributed by atoms with Gasteiger partial charge >= 0.3 is 0 Å². The number of hydrogen-bond donors (Lipinski definition) is 2. The molecule has 0 bridgehead atoms. The highest BCUT2D eigenvalue weighted by Crippen LogP contribution is 2.18. The Morgan fingerprint density at radius 1 is 1.47 bits per heavy atom. The van der Waals surface area contributed by atoms with Crippen molar-refractivity contribution in [1.29, 1.82) is 0 Å². The number of carbonyl (C=O) groups excluding carboxylic acids is 1. The zero-order valence-electron chi connectivity index (χ0n) is 10.7. The van der Waals surface area contributed by atoms with Gasteiger partial charge in [-0.15, -0.1) is 0 Å². The number of benzene rings is 1. The first-order valence-corrected chi connectivity index (χ1v) is 6.53. The summed E-state index contributed by atoms with van der Waals surface area (Å²) in [7, 11) is 0. The molecule has 0 aliphatic heterocycles. The van der Waals surface area contributed by atoms with Gasteiger partial charge in [0.1, 0.15) is 5.76 Å². The van der Waals surface area contributed by atoms with Crippen LogP contribution in [0.4, 0.5) is 5.69 Å². The first kappa shape index (κ1) is 13.6. The van der Waals surface area contributed by atoms with E-state index in [1.165, 1.54) is 0 Å². The van der Waals surface area contributed by atoms with Crippen LogP contribution in [0.3, 0.4) is 0 Å². The van der Waals surface area contributed by atoms with Crippen LogP contribution < -0.4 is 11.1 Å². The zero-order valence-corrected chi connectivity index (χ0v) is 12.2. The highest BCUT2D eigenvalue weighted by Gasteiger charge is 2.12. The second-order valence-corrected chi connectivity index (χ2v) is 5.08. The van der Waals surface area contributed by atoms with Crippen LogP contribution in [0.5, 0.6) is 0 Å². The molecule has 5 nitrogen and oxygen atoms in total. The third kappa shape index (κ3) is 3.14. The molecule has 0 spiro atoms. The molecule has 19 heavy (non-hydrogen) atoms. The van der Waals surface area contributed by atoms with E-state index < -0.39 is 0 Å². The van der Waals surface area contributed by atoms with E-state index in [0.29, 0.717) is 17.1 Å². The predicted octanol–water partition coefficient (Wildman–Crippen LogP) is 2.57. The largest absolute Gasteiger partial charge is 0.444 e. The summed E-state index contributed by atoms with van der Waals surface area (Å²) in [6.07, 6.45) is 0. The van der Waals surface area contributed by atoms with Gasteiger partial charge in [0.2, 0.25) is 5.89 Å². The summed E-state index contributed by atoms with van der Waals surface area (Å²) in [4.78, 5) is 16.2. The standard InChI is InChI=1S/C13H14BrN3O2/c1-7-8(2)19-12(17-7)6-16-13(18)10-5-9(14)3-4-11(10)15/h3-5H,6,15H2,1-2H3,(H,16,18). The van der Waals surface area contributed by atoms with Crippen molar-refractivity contribution in [3.63, 3.8) is 0 Å². The van der Waals surface area contributed by atoms with Gasteiger partial charge in [-0.2, -0.15) is 0 Å². The second kappa shape index (κ2) is 5.44. The summed E-state index contributed by atoms with van der Waals surface area (Å²) in [5, 5.41) is 2.73. The topological polar surface area (TPSA) is 81.2 Å². The fourth-order valence-electron chi connectivity index (χ4n) is 1.59. The molecule has 1 amide bonds. The van der Waals surface area contributed by atoms with Crippen molar-refractivity contribution in [2.75, 3.05) is 5.73 Å². The first-order valence-electron chi connectivity index (χ1n) is 5.73. The molecule has 100 valence electrons. The van der Waals surface area contributed by atoms with E-state index in [4.69, 9.17) is 10.2 Å². The maximum Gasteiger partial charge on any atom is 0.253 e. The lowest BCUT2D eigenvalue weighted by molar-refractivity contribution is 0.0948. The van der Waals surface area contributed by atoms with Gasteiger partial charge in [0.15, 0.2) is 0 Å². The van der Waals surface area contributed by atoms with Gasteiger partial charge in [-0.3, -0.25) is 4.79 Å². The number of nitrogens with two attached hydrogens (primary N) is 1. The van der Waals surface area contributed by atoms with Crippen molar-refractivity contribution in [3.05, 3.63) is 45.6 Å². The quantitative estimate of drug-likeness (QED) is 0.850. The van der Waals surface area contributed by atoms with Gasteiger partial charge in [0.05, 0.1) is 17.8 Å². The summed E-state index contributed by atoms with van der Waals surface area (Å²) in [6, 6.07) is 5.14. The lowest BCUT2D eigenvalue weighted by atomic mass is 10.1. The smallest absolute Gasteiger partial charge is 0.253 e. The lowest BCUT2D eigenvalue weighted by Gasteiger charge is -2.06. The van der Waals surface area contributed by atoms with Crippen LogP contribution in [0.1, 0.15) is 27.7 Å². The molecule has 0 unspecified atom stereocenters. The number of carbonyl (C=O) groups is 1. The number of halogens is 1. The number of nitrogens with one attached hydrogen (secondary N) is 1. The molecule has 1 aromatic heterocycles. The Balaban J connectivity index is 2.07. The Bertz CT molecular complexity index is 603. The minimum Gasteiger partial charge on any atom is -0.444 e. The van der Waals surface area contributed by atoms with Crippen LogP contribution in [0.25, 0.3) is 0 Å². The molecular formula is C13H14BrN3O2. The van der Waals surface area contributed by atoms with Crippen LogP contribution in [0.15, 0.2) is 27.1 Å². The maximum absolute atomic E-state index is 12.0. The molecule has 0 aliphatic rings. The zero-order chi connectivity index (χ0) is 14.0. The molecule has 2 aromatic rings. The van der Waals surface area contributed by atoms with E-state index in [0.717, 1.165) is 15.9 Å². The molecule has 0 fully saturated rings. The van der Waals surface area contributed by atoms with Crippen LogP contribution in [-0.2, 0) is 6.54 Å². The Morgan fingerprint density at radius 2 is 2.21 bits per heavy atom. The molecule has 1 heterocycles. The third-order valence-corrected chi connectivity index (χ3v) is 3.23. The number of anilines is 1. The number of hydrogen-bond acceptors (Lipinski definition) is 4. The molecule has 0 atom stereocenters. The summed E-state index contributed by atoms with van der Waals surface area (Å²) < 4.78 is 6.19. The van der Waals surface area contributed by atoms with Crippen molar-refractivity contribution in [1.82, 2.24) is 10.3 Å². The number of amides is 1. The Labute approximate surface area is 119 Å². The number of aryl methyl sites for hydroxylation is 2. The minimum atomic E-state index is -0.257. The van der Waals surface area contributed by atoms with Crippen molar-refractivity contribution in [2.24, 2.45) is 0 Å². The van der Waals surface area contributed by atoms with Gasteiger partial charge in [-0.25, -0.2) is 4.98 Å². The number of rotatable bonds is 3.